The summed E-state index contributed by atoms with van der Waals surface area (Å²) in [5.41, 5.74) is 4.89. The van der Waals surface area contributed by atoms with Crippen LogP contribution in [-0.2, 0) is 48.7 Å². The number of rotatable bonds is 3. The molecular weight excluding hydrogens is 624 g/mol. The number of nitrogens with one attached hydrogen (secondary N) is 1. The number of nitrogens with two attached hydrogens (primary N) is 1. The molecule has 0 saturated carbocycles. The summed E-state index contributed by atoms with van der Waals surface area (Å²) < 4.78 is 54.4. The average molecular weight is 647 g/mol. The van der Waals surface area contributed by atoms with Crippen LogP contribution in [0.25, 0.3) is 11.2 Å². The lowest BCUT2D eigenvalue weighted by molar-refractivity contribution is -0.236. The first-order chi connectivity index (χ1) is 19.9. The lowest BCUT2D eigenvalue weighted by Gasteiger charge is -2.35. The van der Waals surface area contributed by atoms with Gasteiger partial charge in [-0.2, -0.15) is 0 Å². The van der Waals surface area contributed by atoms with E-state index in [0.717, 1.165) is 16.8 Å². The maximum Gasteiger partial charge on any atom is 0.330 e. The predicted molar refractivity (Wildman–Crippen MR) is 138 cm³/mol. The number of aromatic amines is 1. The Balaban J connectivity index is 1.31. The third-order valence-electron chi connectivity index (χ3n) is 6.82. The van der Waals surface area contributed by atoms with E-state index >= 15 is 0 Å². The second-order valence-electron chi connectivity index (χ2n) is 9.45. The molecule has 42 heavy (non-hydrogen) atoms. The minimum Gasteiger partial charge on any atom is -0.780 e. The first-order valence-corrected chi connectivity index (χ1v) is 16.3. The average Bonchev–Trinajstić information content (AvgIpc) is 3.61. The molecule has 0 amide bonds. The standard InChI is InChI=1S/C20H25N7O12P2S/c1-33-15-14-11(37-19(15)27-8-24-13-16(21)22-7-23-17(13)27)6-34-40(30,31)38-10-4-9(5-35-41(32,42)39-14)36-18(10)26-3-2-12(28)25-20(26)29/h2-3,7-11,14-15,18-19H,4-6H2,1H3,(H,30,31)(H,32,42)(H2,21,22,23)(H,25,28,29)/p-2/t9-,10+,11+,14+,15+,18+,19+,41?/m0/s1. The summed E-state index contributed by atoms with van der Waals surface area (Å²) in [5, 5.41) is 0. The van der Waals surface area contributed by atoms with Gasteiger partial charge in [-0.3, -0.25) is 23.5 Å². The second-order valence-corrected chi connectivity index (χ2v) is 13.5. The van der Waals surface area contributed by atoms with Gasteiger partial charge in [0, 0.05) is 25.8 Å². The van der Waals surface area contributed by atoms with Crippen molar-refractivity contribution in [2.45, 2.75) is 49.4 Å². The Labute approximate surface area is 240 Å². The number of anilines is 1. The number of methoxy groups -OCH3 is 1. The first kappa shape index (κ1) is 29.6. The van der Waals surface area contributed by atoms with Crippen LogP contribution in [0.3, 0.4) is 0 Å². The van der Waals surface area contributed by atoms with Crippen molar-refractivity contribution in [1.29, 1.82) is 0 Å². The molecule has 3 fully saturated rings. The van der Waals surface area contributed by atoms with E-state index in [1.165, 1.54) is 24.3 Å². The van der Waals surface area contributed by atoms with Crippen molar-refractivity contribution >= 4 is 43.3 Å². The van der Waals surface area contributed by atoms with Crippen molar-refractivity contribution < 1.29 is 46.7 Å². The Bertz CT molecular complexity index is 1700. The molecule has 3 aliphatic rings. The number of phosphoric acid groups is 1. The van der Waals surface area contributed by atoms with Crippen LogP contribution in [-0.4, -0.2) is 79.9 Å². The molecule has 0 radical (unpaired) electrons. The van der Waals surface area contributed by atoms with Crippen LogP contribution in [0, 0.1) is 0 Å². The van der Waals surface area contributed by atoms with Gasteiger partial charge in [0.15, 0.2) is 23.9 Å². The van der Waals surface area contributed by atoms with Crippen molar-refractivity contribution in [3.8, 4) is 0 Å². The van der Waals surface area contributed by atoms with E-state index in [-0.39, 0.29) is 23.4 Å². The van der Waals surface area contributed by atoms with E-state index in [0.29, 0.717) is 0 Å². The van der Waals surface area contributed by atoms with E-state index < -0.39 is 82.0 Å². The maximum atomic E-state index is 13.3. The quantitative estimate of drug-likeness (QED) is 0.292. The van der Waals surface area contributed by atoms with E-state index in [1.54, 1.807) is 0 Å². The van der Waals surface area contributed by atoms with Gasteiger partial charge in [0.2, 0.25) is 0 Å². The molecule has 6 heterocycles. The minimum absolute atomic E-state index is 0.111. The zero-order valence-corrected chi connectivity index (χ0v) is 24.1. The SMILES string of the molecule is CO[C@@H]1[C@@H]2OP([O-])(=S)OC[C@@H]3C[C@@H](OP(=O)([O-])OC[C@H]2O[C@H]1n1cnc2c(N)ncnc21)[C@H](n1ccc(=O)[nH]c1=O)O3. The zero-order chi connectivity index (χ0) is 29.8. The van der Waals surface area contributed by atoms with Crippen LogP contribution >= 0.6 is 14.5 Å². The number of hydrogen-bond donors (Lipinski definition) is 2. The first-order valence-electron chi connectivity index (χ1n) is 12.3. The summed E-state index contributed by atoms with van der Waals surface area (Å²) in [4.78, 5) is 64.5. The molecule has 3 aromatic heterocycles. The summed E-state index contributed by atoms with van der Waals surface area (Å²) in [7, 11) is -3.77. The molecule has 0 aromatic carbocycles. The molecule has 2 bridgehead atoms. The van der Waals surface area contributed by atoms with Gasteiger partial charge in [-0.25, -0.2) is 19.7 Å². The van der Waals surface area contributed by atoms with Gasteiger partial charge in [-0.15, -0.1) is 0 Å². The van der Waals surface area contributed by atoms with E-state index in [2.05, 4.69) is 19.9 Å². The number of fused-ring (bicyclic) bond motifs is 4. The molecule has 9 atom stereocenters. The summed E-state index contributed by atoms with van der Waals surface area (Å²) in [6.45, 7) is -5.39. The lowest BCUT2D eigenvalue weighted by Crippen LogP contribution is -2.39. The third kappa shape index (κ3) is 5.73. The number of imidazole rings is 1. The zero-order valence-electron chi connectivity index (χ0n) is 21.5. The van der Waals surface area contributed by atoms with Crippen molar-refractivity contribution in [1.82, 2.24) is 29.1 Å². The molecule has 0 aliphatic carbocycles. The van der Waals surface area contributed by atoms with Gasteiger partial charge in [0.25, 0.3) is 13.4 Å². The number of phosphoric ester groups is 1. The molecule has 0 spiro atoms. The Morgan fingerprint density at radius 3 is 2.67 bits per heavy atom. The fourth-order valence-corrected chi connectivity index (χ4v) is 7.36. The Morgan fingerprint density at radius 1 is 1.10 bits per heavy atom. The molecule has 22 heteroatoms. The number of hydrogen-bond acceptors (Lipinski definition) is 17. The highest BCUT2D eigenvalue weighted by molar-refractivity contribution is 8.06. The normalized spacial score (nSPS) is 37.5. The van der Waals surface area contributed by atoms with Gasteiger partial charge in [-0.05, 0) is 0 Å². The highest BCUT2D eigenvalue weighted by Crippen LogP contribution is 2.51. The Kier molecular flexibility index (Phi) is 7.92. The van der Waals surface area contributed by atoms with E-state index in [4.69, 9.17) is 49.8 Å². The number of nitrogens with zero attached hydrogens (tertiary/aromatic N) is 5. The molecule has 2 unspecified atom stereocenters. The molecule has 19 nitrogen and oxygen atoms in total. The van der Waals surface area contributed by atoms with E-state index in [1.807, 2.05) is 0 Å². The second kappa shape index (κ2) is 11.2. The number of nitrogen functional groups attached to an aromatic ring is 1. The maximum absolute atomic E-state index is 13.3. The number of ether oxygens (including phenoxy) is 3. The molecule has 3 aromatic rings. The Hall–Kier alpha value is -2.45. The van der Waals surface area contributed by atoms with Gasteiger partial charge >= 0.3 is 5.69 Å². The monoisotopic (exact) mass is 647 g/mol. The van der Waals surface area contributed by atoms with Crippen LogP contribution in [0.4, 0.5) is 5.82 Å². The van der Waals surface area contributed by atoms with Crippen LogP contribution < -0.4 is 26.8 Å². The number of aromatic nitrogens is 6. The molecule has 228 valence electrons. The van der Waals surface area contributed by atoms with Crippen LogP contribution in [0.15, 0.2) is 34.5 Å². The summed E-state index contributed by atoms with van der Waals surface area (Å²) in [6, 6.07) is 1.05. The fraction of sp³-hybridized carbons (Fsp3) is 0.550. The van der Waals surface area contributed by atoms with Crippen molar-refractivity contribution in [3.63, 3.8) is 0 Å². The third-order valence-corrected chi connectivity index (χ3v) is 9.36. The van der Waals surface area contributed by atoms with Gasteiger partial charge in [0.1, 0.15) is 43.0 Å². The lowest BCUT2D eigenvalue weighted by atomic mass is 10.1. The van der Waals surface area contributed by atoms with E-state index in [9.17, 15) is 23.9 Å². The number of H-pyrrole nitrogens is 1. The van der Waals surface area contributed by atoms with Gasteiger partial charge in [-0.1, -0.05) is 11.8 Å². The summed E-state index contributed by atoms with van der Waals surface area (Å²) >= 11 is 5.14. The molecule has 3 N–H and O–H groups in total. The van der Waals surface area contributed by atoms with Crippen molar-refractivity contribution in [2.75, 3.05) is 26.1 Å². The van der Waals surface area contributed by atoms with Crippen molar-refractivity contribution in [2.24, 2.45) is 0 Å². The molecule has 3 aliphatic heterocycles. The topological polar surface area (TPSA) is 252 Å². The van der Waals surface area contributed by atoms with Crippen molar-refractivity contribution in [3.05, 3.63) is 45.8 Å². The molecular formula is C20H23N7O12P2S-2. The summed E-state index contributed by atoms with van der Waals surface area (Å²) in [6.07, 6.45) is -4.54. The Morgan fingerprint density at radius 2 is 1.90 bits per heavy atom. The highest BCUT2D eigenvalue weighted by Gasteiger charge is 2.50. The summed E-state index contributed by atoms with van der Waals surface area (Å²) in [5.74, 6) is 0.111. The minimum atomic E-state index is -5.10. The largest absolute Gasteiger partial charge is 0.780 e. The van der Waals surface area contributed by atoms with Gasteiger partial charge < -0.3 is 47.8 Å². The van der Waals surface area contributed by atoms with Crippen LogP contribution in [0.1, 0.15) is 18.9 Å². The van der Waals surface area contributed by atoms with Crippen LogP contribution in [0.5, 0.6) is 0 Å². The van der Waals surface area contributed by atoms with Crippen LogP contribution in [0.2, 0.25) is 0 Å². The molecule has 3 saturated heterocycles. The molecule has 6 rings (SSSR count). The predicted octanol–water partition coefficient (Wildman–Crippen LogP) is -1.97. The van der Waals surface area contributed by atoms with Gasteiger partial charge in [0.05, 0.1) is 25.6 Å². The highest BCUT2D eigenvalue weighted by atomic mass is 32.5. The smallest absolute Gasteiger partial charge is 0.330 e. The fourth-order valence-electron chi connectivity index (χ4n) is 5.01.